The average molecular weight is 413 g/mol. The van der Waals surface area contributed by atoms with E-state index < -0.39 is 0 Å². The number of morpholine rings is 1. The number of nitrogens with zero attached hydrogens (tertiary/aromatic N) is 2. The number of methoxy groups -OCH3 is 1. The lowest BCUT2D eigenvalue weighted by molar-refractivity contribution is 0.122. The van der Waals surface area contributed by atoms with Gasteiger partial charge in [-0.25, -0.2) is 4.99 Å². The highest BCUT2D eigenvalue weighted by Gasteiger charge is 2.11. The summed E-state index contributed by atoms with van der Waals surface area (Å²) in [5, 5.41) is 6.62. The molecule has 2 aromatic rings. The summed E-state index contributed by atoms with van der Waals surface area (Å²) in [6, 6.07) is 14.4. The zero-order chi connectivity index (χ0) is 21.2. The molecule has 0 spiro atoms. The number of ether oxygens (including phenoxy) is 3. The van der Waals surface area contributed by atoms with Crippen molar-refractivity contribution in [3.05, 3.63) is 48.0 Å². The Hall–Kier alpha value is -2.93. The number of benzene rings is 2. The van der Waals surface area contributed by atoms with Gasteiger partial charge in [-0.3, -0.25) is 0 Å². The van der Waals surface area contributed by atoms with E-state index in [1.165, 1.54) is 5.69 Å². The molecule has 7 nitrogen and oxygen atoms in total. The van der Waals surface area contributed by atoms with E-state index in [2.05, 4.69) is 39.8 Å². The number of rotatable bonds is 8. The van der Waals surface area contributed by atoms with Crippen molar-refractivity contribution in [2.75, 3.05) is 56.8 Å². The van der Waals surface area contributed by atoms with Crippen molar-refractivity contribution in [3.8, 4) is 11.5 Å². The van der Waals surface area contributed by atoms with Gasteiger partial charge in [0.2, 0.25) is 0 Å². The molecule has 0 unspecified atom stereocenters. The van der Waals surface area contributed by atoms with E-state index in [9.17, 15) is 0 Å². The average Bonchev–Trinajstić information content (AvgIpc) is 2.79. The van der Waals surface area contributed by atoms with Crippen LogP contribution in [0.15, 0.2) is 47.5 Å². The molecule has 0 radical (unpaired) electrons. The first-order valence-corrected chi connectivity index (χ1v) is 10.5. The minimum absolute atomic E-state index is 0.590. The summed E-state index contributed by atoms with van der Waals surface area (Å²) in [7, 11) is 1.64. The van der Waals surface area contributed by atoms with Crippen LogP contribution in [0.4, 0.5) is 11.4 Å². The number of nitrogens with one attached hydrogen (secondary N) is 2. The van der Waals surface area contributed by atoms with E-state index >= 15 is 0 Å². The smallest absolute Gasteiger partial charge is 0.196 e. The summed E-state index contributed by atoms with van der Waals surface area (Å²) in [5.74, 6) is 2.14. The molecule has 0 amide bonds. The van der Waals surface area contributed by atoms with Crippen LogP contribution in [0.5, 0.6) is 11.5 Å². The minimum Gasteiger partial charge on any atom is -0.493 e. The summed E-state index contributed by atoms with van der Waals surface area (Å²) in [5.41, 5.74) is 3.28. The van der Waals surface area contributed by atoms with Crippen LogP contribution >= 0.6 is 0 Å². The normalized spacial score (nSPS) is 14.4. The van der Waals surface area contributed by atoms with Gasteiger partial charge in [-0.15, -0.1) is 0 Å². The maximum absolute atomic E-state index is 5.59. The predicted octanol–water partition coefficient (Wildman–Crippen LogP) is 3.51. The Balaban J connectivity index is 1.65. The number of aliphatic imine (C=N–C) groups is 1. The monoisotopic (exact) mass is 412 g/mol. The van der Waals surface area contributed by atoms with Gasteiger partial charge < -0.3 is 29.7 Å². The van der Waals surface area contributed by atoms with E-state index in [1.807, 2.05) is 32.0 Å². The van der Waals surface area contributed by atoms with Gasteiger partial charge in [-0.1, -0.05) is 12.1 Å². The maximum Gasteiger partial charge on any atom is 0.196 e. The van der Waals surface area contributed by atoms with Gasteiger partial charge in [-0.05, 0) is 43.7 Å². The first-order chi connectivity index (χ1) is 14.7. The van der Waals surface area contributed by atoms with Crippen molar-refractivity contribution in [2.45, 2.75) is 20.4 Å². The fraction of sp³-hybridized carbons (Fsp3) is 0.435. The van der Waals surface area contributed by atoms with Gasteiger partial charge in [0.25, 0.3) is 0 Å². The third-order valence-electron chi connectivity index (χ3n) is 4.80. The standard InChI is InChI=1S/C23H32N4O3/c1-4-24-23(26-19-8-11-21(30-5-2)22(16-19)28-3)25-17-18-6-9-20(10-7-18)27-12-14-29-15-13-27/h6-11,16H,4-5,12-15,17H2,1-3H3,(H2,24,25,26). The SMILES string of the molecule is CCNC(=NCc1ccc(N2CCOCC2)cc1)Nc1ccc(OCC)c(OC)c1. The first-order valence-electron chi connectivity index (χ1n) is 10.5. The molecular formula is C23H32N4O3. The Kier molecular flexibility index (Phi) is 8.20. The highest BCUT2D eigenvalue weighted by Crippen LogP contribution is 2.30. The molecule has 0 aliphatic carbocycles. The van der Waals surface area contributed by atoms with Gasteiger partial charge in [0, 0.05) is 37.1 Å². The van der Waals surface area contributed by atoms with E-state index in [4.69, 9.17) is 19.2 Å². The molecule has 1 fully saturated rings. The second kappa shape index (κ2) is 11.3. The van der Waals surface area contributed by atoms with Crippen LogP contribution in [0.1, 0.15) is 19.4 Å². The maximum atomic E-state index is 5.59. The topological polar surface area (TPSA) is 67.4 Å². The Morgan fingerprint density at radius 2 is 1.83 bits per heavy atom. The Bertz CT molecular complexity index is 818. The quantitative estimate of drug-likeness (QED) is 0.511. The molecular weight excluding hydrogens is 380 g/mol. The summed E-state index contributed by atoms with van der Waals surface area (Å²) in [4.78, 5) is 7.07. The number of guanidine groups is 1. The first kappa shape index (κ1) is 21.8. The predicted molar refractivity (Wildman–Crippen MR) is 122 cm³/mol. The van der Waals surface area contributed by atoms with Gasteiger partial charge in [0.1, 0.15) is 0 Å². The lowest BCUT2D eigenvalue weighted by Crippen LogP contribution is -2.36. The largest absolute Gasteiger partial charge is 0.493 e. The van der Waals surface area contributed by atoms with Crippen molar-refractivity contribution >= 4 is 17.3 Å². The lowest BCUT2D eigenvalue weighted by atomic mass is 10.2. The van der Waals surface area contributed by atoms with Crippen LogP contribution in [0.2, 0.25) is 0 Å². The van der Waals surface area contributed by atoms with Crippen molar-refractivity contribution in [1.29, 1.82) is 0 Å². The lowest BCUT2D eigenvalue weighted by Gasteiger charge is -2.28. The molecule has 2 N–H and O–H groups in total. The zero-order valence-electron chi connectivity index (χ0n) is 18.1. The minimum atomic E-state index is 0.590. The summed E-state index contributed by atoms with van der Waals surface area (Å²) in [6.07, 6.45) is 0. The van der Waals surface area contributed by atoms with Crippen molar-refractivity contribution in [3.63, 3.8) is 0 Å². The van der Waals surface area contributed by atoms with Crippen LogP contribution in [0.25, 0.3) is 0 Å². The molecule has 0 aromatic heterocycles. The van der Waals surface area contributed by atoms with Crippen LogP contribution in [0.3, 0.4) is 0 Å². The molecule has 0 saturated carbocycles. The van der Waals surface area contributed by atoms with E-state index in [0.717, 1.165) is 55.8 Å². The molecule has 1 aliphatic rings. The van der Waals surface area contributed by atoms with Crippen LogP contribution in [0, 0.1) is 0 Å². The zero-order valence-corrected chi connectivity index (χ0v) is 18.1. The molecule has 7 heteroatoms. The molecule has 1 aliphatic heterocycles. The fourth-order valence-electron chi connectivity index (χ4n) is 3.27. The van der Waals surface area contributed by atoms with Gasteiger partial charge in [-0.2, -0.15) is 0 Å². The molecule has 162 valence electrons. The molecule has 2 aromatic carbocycles. The summed E-state index contributed by atoms with van der Waals surface area (Å²) < 4.78 is 16.4. The van der Waals surface area contributed by atoms with Crippen LogP contribution in [-0.2, 0) is 11.3 Å². The Morgan fingerprint density at radius 1 is 1.07 bits per heavy atom. The second-order valence-electron chi connectivity index (χ2n) is 6.88. The molecule has 1 heterocycles. The number of hydrogen-bond donors (Lipinski definition) is 2. The van der Waals surface area contributed by atoms with Crippen LogP contribution in [-0.4, -0.2) is 52.5 Å². The second-order valence-corrected chi connectivity index (χ2v) is 6.88. The van der Waals surface area contributed by atoms with E-state index in [-0.39, 0.29) is 0 Å². The Labute approximate surface area is 179 Å². The van der Waals surface area contributed by atoms with Gasteiger partial charge >= 0.3 is 0 Å². The Morgan fingerprint density at radius 3 is 2.50 bits per heavy atom. The fourth-order valence-corrected chi connectivity index (χ4v) is 3.27. The van der Waals surface area contributed by atoms with E-state index in [0.29, 0.717) is 18.9 Å². The highest BCUT2D eigenvalue weighted by atomic mass is 16.5. The summed E-state index contributed by atoms with van der Waals surface area (Å²) in [6.45, 7) is 9.43. The third-order valence-corrected chi connectivity index (χ3v) is 4.80. The van der Waals surface area contributed by atoms with Crippen LogP contribution < -0.4 is 25.0 Å². The van der Waals surface area contributed by atoms with Gasteiger partial charge in [0.05, 0.1) is 33.5 Å². The molecule has 30 heavy (non-hydrogen) atoms. The molecule has 3 rings (SSSR count). The van der Waals surface area contributed by atoms with Crippen molar-refractivity contribution in [2.24, 2.45) is 4.99 Å². The van der Waals surface area contributed by atoms with Gasteiger partial charge in [0.15, 0.2) is 17.5 Å². The molecule has 1 saturated heterocycles. The summed E-state index contributed by atoms with van der Waals surface area (Å²) >= 11 is 0. The van der Waals surface area contributed by atoms with E-state index in [1.54, 1.807) is 7.11 Å². The third kappa shape index (κ3) is 6.03. The number of anilines is 2. The molecule has 0 bridgehead atoms. The van der Waals surface area contributed by atoms with Crippen molar-refractivity contribution in [1.82, 2.24) is 5.32 Å². The van der Waals surface area contributed by atoms with Crippen molar-refractivity contribution < 1.29 is 14.2 Å². The number of hydrogen-bond acceptors (Lipinski definition) is 5. The highest BCUT2D eigenvalue weighted by molar-refractivity contribution is 5.93. The molecule has 0 atom stereocenters.